The highest BCUT2D eigenvalue weighted by Crippen LogP contribution is 2.41. The Morgan fingerprint density at radius 1 is 0.439 bits per heavy atom. The molecule has 9 aromatic rings. The molecule has 3 nitrogen and oxygen atoms in total. The Morgan fingerprint density at radius 3 is 1.78 bits per heavy atom. The van der Waals surface area contributed by atoms with Crippen LogP contribution in [0, 0.1) is 11.3 Å². The summed E-state index contributed by atoms with van der Waals surface area (Å²) in [7, 11) is 0. The van der Waals surface area contributed by atoms with Gasteiger partial charge in [0.05, 0.1) is 33.7 Å². The topological polar surface area (TPSA) is 33.6 Å². The lowest BCUT2D eigenvalue weighted by Crippen LogP contribution is -1.98. The molecule has 0 bridgehead atoms. The first-order valence-electron chi connectivity index (χ1n) is 13.7. The summed E-state index contributed by atoms with van der Waals surface area (Å²) in [6.45, 7) is 0. The van der Waals surface area contributed by atoms with Gasteiger partial charge in [-0.3, -0.25) is 0 Å². The van der Waals surface area contributed by atoms with Gasteiger partial charge >= 0.3 is 0 Å². The molecule has 190 valence electrons. The van der Waals surface area contributed by atoms with Crippen LogP contribution >= 0.6 is 11.3 Å². The molecule has 4 heteroatoms. The number of thiophene rings is 1. The van der Waals surface area contributed by atoms with Gasteiger partial charge < -0.3 is 9.13 Å². The van der Waals surface area contributed by atoms with Crippen molar-refractivity contribution in [1.82, 2.24) is 9.13 Å². The number of nitrogens with zero attached hydrogens (tertiary/aromatic N) is 3. The van der Waals surface area contributed by atoms with Crippen molar-refractivity contribution < 1.29 is 0 Å². The molecule has 3 heterocycles. The van der Waals surface area contributed by atoms with E-state index < -0.39 is 0 Å². The van der Waals surface area contributed by atoms with Crippen molar-refractivity contribution in [1.29, 1.82) is 5.26 Å². The fourth-order valence-corrected chi connectivity index (χ4v) is 7.68. The maximum Gasteiger partial charge on any atom is 0.0991 e. The third-order valence-corrected chi connectivity index (χ3v) is 9.45. The quantitative estimate of drug-likeness (QED) is 0.215. The average Bonchev–Trinajstić information content (AvgIpc) is 3.67. The van der Waals surface area contributed by atoms with Crippen molar-refractivity contribution in [3.05, 3.63) is 133 Å². The number of para-hydroxylation sites is 2. The predicted molar refractivity (Wildman–Crippen MR) is 173 cm³/mol. The molecule has 3 aromatic heterocycles. The third-order valence-electron chi connectivity index (χ3n) is 8.32. The van der Waals surface area contributed by atoms with Crippen LogP contribution in [0.15, 0.2) is 127 Å². The molecule has 0 fully saturated rings. The fourth-order valence-electron chi connectivity index (χ4n) is 6.56. The Labute approximate surface area is 239 Å². The van der Waals surface area contributed by atoms with Gasteiger partial charge in [-0.25, -0.2) is 0 Å². The van der Waals surface area contributed by atoms with Crippen molar-refractivity contribution >= 4 is 75.1 Å². The summed E-state index contributed by atoms with van der Waals surface area (Å²) in [6.07, 6.45) is 0. The van der Waals surface area contributed by atoms with Crippen molar-refractivity contribution in [3.8, 4) is 17.4 Å². The van der Waals surface area contributed by atoms with E-state index in [1.807, 2.05) is 23.5 Å². The minimum absolute atomic E-state index is 0.673. The highest BCUT2D eigenvalue weighted by Gasteiger charge is 2.17. The number of nitriles is 1. The lowest BCUT2D eigenvalue weighted by Gasteiger charge is -2.13. The zero-order chi connectivity index (χ0) is 27.1. The van der Waals surface area contributed by atoms with Crippen molar-refractivity contribution in [3.63, 3.8) is 0 Å². The van der Waals surface area contributed by atoms with Crippen LogP contribution in [0.4, 0.5) is 0 Å². The SMILES string of the molecule is N#Cc1ccc2c(c1)c1ccccc1n2-c1cccc(-n2c3ccccc3c3cc4c(cc32)sc2ccccc24)c1. The van der Waals surface area contributed by atoms with E-state index in [0.29, 0.717) is 5.56 Å². The Hall–Kier alpha value is -5.37. The molecule has 0 saturated heterocycles. The summed E-state index contributed by atoms with van der Waals surface area (Å²) < 4.78 is 7.33. The van der Waals surface area contributed by atoms with Crippen LogP contribution < -0.4 is 0 Å². The maximum atomic E-state index is 9.56. The van der Waals surface area contributed by atoms with Crippen LogP contribution in [0.5, 0.6) is 0 Å². The first-order chi connectivity index (χ1) is 20.3. The normalized spacial score (nSPS) is 11.9. The van der Waals surface area contributed by atoms with E-state index in [9.17, 15) is 5.26 Å². The lowest BCUT2D eigenvalue weighted by molar-refractivity contribution is 1.13. The number of aromatic nitrogens is 2. The van der Waals surface area contributed by atoms with Crippen molar-refractivity contribution in [2.24, 2.45) is 0 Å². The monoisotopic (exact) mass is 539 g/mol. The molecule has 0 amide bonds. The van der Waals surface area contributed by atoms with E-state index in [0.717, 1.165) is 33.2 Å². The van der Waals surface area contributed by atoms with E-state index in [1.165, 1.54) is 42.0 Å². The molecule has 9 rings (SSSR count). The first-order valence-corrected chi connectivity index (χ1v) is 14.5. The van der Waals surface area contributed by atoms with E-state index >= 15 is 0 Å². The Kier molecular flexibility index (Phi) is 4.55. The van der Waals surface area contributed by atoms with Crippen LogP contribution in [0.3, 0.4) is 0 Å². The van der Waals surface area contributed by atoms with Crippen LogP contribution in [0.25, 0.3) is 75.2 Å². The second-order valence-corrected chi connectivity index (χ2v) is 11.6. The zero-order valence-electron chi connectivity index (χ0n) is 21.9. The van der Waals surface area contributed by atoms with Crippen LogP contribution in [0.1, 0.15) is 5.56 Å². The molecule has 0 aliphatic carbocycles. The van der Waals surface area contributed by atoms with Gasteiger partial charge in [0.25, 0.3) is 0 Å². The summed E-state index contributed by atoms with van der Waals surface area (Å²) in [5, 5.41) is 17.0. The lowest BCUT2D eigenvalue weighted by atomic mass is 10.1. The smallest absolute Gasteiger partial charge is 0.0991 e. The second kappa shape index (κ2) is 8.32. The molecule has 0 spiro atoms. The highest BCUT2D eigenvalue weighted by atomic mass is 32.1. The number of hydrogen-bond acceptors (Lipinski definition) is 2. The Morgan fingerprint density at radius 2 is 1.05 bits per heavy atom. The average molecular weight is 540 g/mol. The van der Waals surface area contributed by atoms with Gasteiger partial charge in [0.15, 0.2) is 0 Å². The van der Waals surface area contributed by atoms with E-state index in [4.69, 9.17) is 0 Å². The van der Waals surface area contributed by atoms with Gasteiger partial charge in [-0.05, 0) is 66.7 Å². The van der Waals surface area contributed by atoms with Crippen LogP contribution in [0.2, 0.25) is 0 Å². The first kappa shape index (κ1) is 22.4. The number of hydrogen-bond donors (Lipinski definition) is 0. The van der Waals surface area contributed by atoms with E-state index in [1.54, 1.807) is 0 Å². The number of benzene rings is 6. The Bertz CT molecular complexity index is 2550. The van der Waals surface area contributed by atoms with Gasteiger partial charge in [-0.1, -0.05) is 60.7 Å². The summed E-state index contributed by atoms with van der Waals surface area (Å²) in [4.78, 5) is 0. The summed E-state index contributed by atoms with van der Waals surface area (Å²) >= 11 is 1.86. The second-order valence-electron chi connectivity index (χ2n) is 10.5. The van der Waals surface area contributed by atoms with Crippen LogP contribution in [-0.4, -0.2) is 9.13 Å². The Balaban J connectivity index is 1.34. The molecule has 0 unspecified atom stereocenters. The molecule has 0 atom stereocenters. The highest BCUT2D eigenvalue weighted by molar-refractivity contribution is 7.25. The molecule has 0 radical (unpaired) electrons. The van der Waals surface area contributed by atoms with Gasteiger partial charge in [-0.15, -0.1) is 11.3 Å². The largest absolute Gasteiger partial charge is 0.309 e. The summed E-state index contributed by atoms with van der Waals surface area (Å²) in [5.74, 6) is 0. The number of rotatable bonds is 2. The summed E-state index contributed by atoms with van der Waals surface area (Å²) in [6, 6.07) is 47.7. The molecule has 0 aliphatic rings. The molecule has 0 saturated carbocycles. The molecular formula is C37H21N3S. The number of fused-ring (bicyclic) bond motifs is 9. The molecule has 6 aromatic carbocycles. The molecule has 0 N–H and O–H groups in total. The fraction of sp³-hybridized carbons (Fsp3) is 0. The minimum atomic E-state index is 0.673. The van der Waals surface area contributed by atoms with Gasteiger partial charge in [0.1, 0.15) is 0 Å². The van der Waals surface area contributed by atoms with Crippen molar-refractivity contribution in [2.45, 2.75) is 0 Å². The van der Waals surface area contributed by atoms with Gasteiger partial charge in [0.2, 0.25) is 0 Å². The predicted octanol–water partition coefficient (Wildman–Crippen LogP) is 10.1. The van der Waals surface area contributed by atoms with Gasteiger partial charge in [-0.2, -0.15) is 5.26 Å². The third kappa shape index (κ3) is 3.12. The molecular weight excluding hydrogens is 518 g/mol. The zero-order valence-corrected chi connectivity index (χ0v) is 22.7. The standard InChI is InChI=1S/C37H21N3S/c38-22-23-16-17-34-29(18-23)26-10-1-4-13-32(26)39(34)24-8-7-9-25(19-24)40-33-14-5-2-11-27(33)30-20-31-28-12-3-6-15-36(28)41-37(31)21-35(30)40/h1-21H. The van der Waals surface area contributed by atoms with Crippen LogP contribution in [-0.2, 0) is 0 Å². The van der Waals surface area contributed by atoms with E-state index in [2.05, 4.69) is 130 Å². The van der Waals surface area contributed by atoms with Gasteiger partial charge in [0, 0.05) is 53.1 Å². The van der Waals surface area contributed by atoms with E-state index in [-0.39, 0.29) is 0 Å². The van der Waals surface area contributed by atoms with Crippen molar-refractivity contribution in [2.75, 3.05) is 0 Å². The minimum Gasteiger partial charge on any atom is -0.309 e. The maximum absolute atomic E-state index is 9.56. The molecule has 41 heavy (non-hydrogen) atoms. The summed E-state index contributed by atoms with van der Waals surface area (Å²) in [5.41, 5.74) is 7.51. The molecule has 0 aliphatic heterocycles.